The summed E-state index contributed by atoms with van der Waals surface area (Å²) in [5.74, 6) is 0.0956. The number of amides is 1. The first-order chi connectivity index (χ1) is 10.1. The molecule has 2 N–H and O–H groups in total. The average molecular weight is 310 g/mol. The van der Waals surface area contributed by atoms with Crippen LogP contribution in [0.3, 0.4) is 0 Å². The molecule has 1 aliphatic rings. The molecule has 1 heterocycles. The van der Waals surface area contributed by atoms with Crippen molar-refractivity contribution < 1.29 is 4.79 Å². The predicted molar refractivity (Wildman–Crippen MR) is 86.6 cm³/mol. The smallest absolute Gasteiger partial charge is 0.233 e. The minimum Gasteiger partial charge on any atom is -0.358 e. The highest BCUT2D eigenvalue weighted by Gasteiger charge is 2.20. The molecule has 0 atom stereocenters. The van der Waals surface area contributed by atoms with E-state index in [0.717, 1.165) is 37.5 Å². The highest BCUT2D eigenvalue weighted by molar-refractivity contribution is 6.30. The van der Waals surface area contributed by atoms with E-state index in [4.69, 9.17) is 11.6 Å². The van der Waals surface area contributed by atoms with Crippen LogP contribution >= 0.6 is 11.6 Å². The van der Waals surface area contributed by atoms with Crippen molar-refractivity contribution in [3.05, 3.63) is 34.3 Å². The number of hydrogen-bond donors (Lipinski definition) is 2. The number of likely N-dealkylation sites (tertiary alicyclic amines) is 1. The van der Waals surface area contributed by atoms with E-state index in [-0.39, 0.29) is 5.91 Å². The minimum atomic E-state index is 0.0956. The van der Waals surface area contributed by atoms with Gasteiger partial charge in [0.2, 0.25) is 5.91 Å². The molecule has 1 fully saturated rings. The normalized spacial score (nSPS) is 16.9. The second-order valence-corrected chi connectivity index (χ2v) is 6.11. The van der Waals surface area contributed by atoms with E-state index in [0.29, 0.717) is 12.6 Å². The molecule has 1 aliphatic heterocycles. The van der Waals surface area contributed by atoms with Gasteiger partial charge in [-0.1, -0.05) is 17.7 Å². The van der Waals surface area contributed by atoms with E-state index < -0.39 is 0 Å². The van der Waals surface area contributed by atoms with Gasteiger partial charge in [-0.15, -0.1) is 0 Å². The molecule has 1 aromatic rings. The Hall–Kier alpha value is -1.10. The lowest BCUT2D eigenvalue weighted by atomic mass is 10.0. The summed E-state index contributed by atoms with van der Waals surface area (Å²) in [6, 6.07) is 6.56. The van der Waals surface area contributed by atoms with Crippen LogP contribution in [0.15, 0.2) is 18.2 Å². The molecule has 4 nitrogen and oxygen atoms in total. The maximum Gasteiger partial charge on any atom is 0.233 e. The van der Waals surface area contributed by atoms with Crippen molar-refractivity contribution in [2.45, 2.75) is 32.4 Å². The van der Waals surface area contributed by atoms with Gasteiger partial charge in [0.15, 0.2) is 0 Å². The van der Waals surface area contributed by atoms with Crippen LogP contribution in [0.25, 0.3) is 0 Å². The van der Waals surface area contributed by atoms with E-state index >= 15 is 0 Å². The molecule has 0 bridgehead atoms. The van der Waals surface area contributed by atoms with Crippen LogP contribution < -0.4 is 10.6 Å². The average Bonchev–Trinajstić information content (AvgIpc) is 2.48. The Morgan fingerprint density at radius 3 is 2.71 bits per heavy atom. The molecule has 1 saturated heterocycles. The summed E-state index contributed by atoms with van der Waals surface area (Å²) in [6.07, 6.45) is 2.17. The molecule has 116 valence electrons. The molecule has 1 aromatic carbocycles. The number of halogens is 1. The monoisotopic (exact) mass is 309 g/mol. The zero-order chi connectivity index (χ0) is 15.2. The molecule has 0 radical (unpaired) electrons. The zero-order valence-electron chi connectivity index (χ0n) is 12.8. The van der Waals surface area contributed by atoms with Crippen molar-refractivity contribution in [3.8, 4) is 0 Å². The van der Waals surface area contributed by atoms with Gasteiger partial charge in [-0.2, -0.15) is 0 Å². The molecule has 2 rings (SSSR count). The number of benzene rings is 1. The molecule has 0 aromatic heterocycles. The number of carbonyl (C=O) groups is 1. The van der Waals surface area contributed by atoms with Gasteiger partial charge in [-0.3, -0.25) is 9.69 Å². The fourth-order valence-corrected chi connectivity index (χ4v) is 2.92. The first kappa shape index (κ1) is 16.3. The molecule has 0 saturated carbocycles. The number of nitrogens with zero attached hydrogens (tertiary/aromatic N) is 1. The SMILES string of the molecule is CNC(=O)CN1CCC(NCc2ccc(Cl)cc2C)CC1. The Balaban J connectivity index is 1.75. The Labute approximate surface area is 131 Å². The molecule has 0 unspecified atom stereocenters. The second kappa shape index (κ2) is 7.78. The van der Waals surface area contributed by atoms with E-state index in [1.807, 2.05) is 12.1 Å². The maximum atomic E-state index is 11.4. The first-order valence-corrected chi connectivity index (χ1v) is 7.87. The Morgan fingerprint density at radius 2 is 2.10 bits per heavy atom. The topological polar surface area (TPSA) is 44.4 Å². The van der Waals surface area contributed by atoms with Crippen molar-refractivity contribution in [2.24, 2.45) is 0 Å². The first-order valence-electron chi connectivity index (χ1n) is 7.50. The number of likely N-dealkylation sites (N-methyl/N-ethyl adjacent to an activating group) is 1. The van der Waals surface area contributed by atoms with Crippen molar-refractivity contribution in [3.63, 3.8) is 0 Å². The van der Waals surface area contributed by atoms with E-state index in [9.17, 15) is 4.79 Å². The summed E-state index contributed by atoms with van der Waals surface area (Å²) in [7, 11) is 1.69. The fourth-order valence-electron chi connectivity index (χ4n) is 2.69. The highest BCUT2D eigenvalue weighted by Crippen LogP contribution is 2.16. The minimum absolute atomic E-state index is 0.0956. The van der Waals surface area contributed by atoms with Crippen molar-refractivity contribution in [1.82, 2.24) is 15.5 Å². The third kappa shape index (κ3) is 4.99. The van der Waals surface area contributed by atoms with Gasteiger partial charge in [0.05, 0.1) is 6.54 Å². The Morgan fingerprint density at radius 1 is 1.38 bits per heavy atom. The van der Waals surface area contributed by atoms with Gasteiger partial charge in [-0.25, -0.2) is 0 Å². The summed E-state index contributed by atoms with van der Waals surface area (Å²) in [4.78, 5) is 13.6. The van der Waals surface area contributed by atoms with Crippen LogP contribution in [0.5, 0.6) is 0 Å². The molecular weight excluding hydrogens is 286 g/mol. The summed E-state index contributed by atoms with van der Waals surface area (Å²) in [5, 5.41) is 7.08. The van der Waals surface area contributed by atoms with Gasteiger partial charge in [0, 0.05) is 37.7 Å². The number of piperidine rings is 1. The number of hydrogen-bond acceptors (Lipinski definition) is 3. The third-order valence-electron chi connectivity index (χ3n) is 4.12. The van der Waals surface area contributed by atoms with Crippen LogP contribution in [0.1, 0.15) is 24.0 Å². The van der Waals surface area contributed by atoms with Gasteiger partial charge >= 0.3 is 0 Å². The maximum absolute atomic E-state index is 11.4. The Bertz CT molecular complexity index is 484. The van der Waals surface area contributed by atoms with Crippen LogP contribution in [0.4, 0.5) is 0 Å². The van der Waals surface area contributed by atoms with Gasteiger partial charge in [0.25, 0.3) is 0 Å². The van der Waals surface area contributed by atoms with E-state index in [1.165, 1.54) is 11.1 Å². The molecule has 5 heteroatoms. The largest absolute Gasteiger partial charge is 0.358 e. The molecule has 1 amide bonds. The molecule has 0 aliphatic carbocycles. The lowest BCUT2D eigenvalue weighted by Crippen LogP contribution is -2.45. The molecule has 0 spiro atoms. The Kier molecular flexibility index (Phi) is 6.03. The van der Waals surface area contributed by atoms with Gasteiger partial charge in [-0.05, 0) is 43.0 Å². The van der Waals surface area contributed by atoms with Crippen molar-refractivity contribution in [1.29, 1.82) is 0 Å². The van der Waals surface area contributed by atoms with E-state index in [2.05, 4.69) is 28.5 Å². The fraction of sp³-hybridized carbons (Fsp3) is 0.562. The highest BCUT2D eigenvalue weighted by atomic mass is 35.5. The predicted octanol–water partition coefficient (Wildman–Crippen LogP) is 1.95. The standard InChI is InChI=1S/C16H24ClN3O/c1-12-9-14(17)4-3-13(12)10-19-15-5-7-20(8-6-15)11-16(21)18-2/h3-4,9,15,19H,5-8,10-11H2,1-2H3,(H,18,21). The quantitative estimate of drug-likeness (QED) is 0.874. The number of carbonyl (C=O) groups excluding carboxylic acids is 1. The number of nitrogens with one attached hydrogen (secondary N) is 2. The van der Waals surface area contributed by atoms with Gasteiger partial charge < -0.3 is 10.6 Å². The molecule has 21 heavy (non-hydrogen) atoms. The van der Waals surface area contributed by atoms with E-state index in [1.54, 1.807) is 7.05 Å². The number of rotatable bonds is 5. The summed E-state index contributed by atoms with van der Waals surface area (Å²) >= 11 is 5.98. The third-order valence-corrected chi connectivity index (χ3v) is 4.35. The van der Waals surface area contributed by atoms with Crippen LogP contribution in [-0.2, 0) is 11.3 Å². The lowest BCUT2D eigenvalue weighted by Gasteiger charge is -2.32. The zero-order valence-corrected chi connectivity index (χ0v) is 13.5. The number of aryl methyl sites for hydroxylation is 1. The van der Waals surface area contributed by atoms with Gasteiger partial charge in [0.1, 0.15) is 0 Å². The van der Waals surface area contributed by atoms with Crippen molar-refractivity contribution in [2.75, 3.05) is 26.7 Å². The van der Waals surface area contributed by atoms with Crippen molar-refractivity contribution >= 4 is 17.5 Å². The summed E-state index contributed by atoms with van der Waals surface area (Å²) < 4.78 is 0. The van der Waals surface area contributed by atoms with Crippen LogP contribution in [-0.4, -0.2) is 43.5 Å². The van der Waals surface area contributed by atoms with Crippen LogP contribution in [0.2, 0.25) is 5.02 Å². The lowest BCUT2D eigenvalue weighted by molar-refractivity contribution is -0.122. The van der Waals surface area contributed by atoms with Crippen LogP contribution in [0, 0.1) is 6.92 Å². The summed E-state index contributed by atoms with van der Waals surface area (Å²) in [6.45, 7) is 5.44. The second-order valence-electron chi connectivity index (χ2n) is 5.68. The summed E-state index contributed by atoms with van der Waals surface area (Å²) in [5.41, 5.74) is 2.53. The molecular formula is C16H24ClN3O.